The van der Waals surface area contributed by atoms with Crippen LogP contribution in [0, 0.1) is 5.92 Å². The van der Waals surface area contributed by atoms with E-state index in [0.717, 1.165) is 12.8 Å². The van der Waals surface area contributed by atoms with E-state index < -0.39 is 5.60 Å². The first-order valence-electron chi connectivity index (χ1n) is 4.21. The second-order valence-electron chi connectivity index (χ2n) is 4.21. The zero-order valence-corrected chi connectivity index (χ0v) is 7.96. The summed E-state index contributed by atoms with van der Waals surface area (Å²) in [5, 5.41) is 18.5. The molecule has 0 heterocycles. The molecular weight excluding hydrogens is 140 g/mol. The van der Waals surface area contributed by atoms with Gasteiger partial charge in [0.2, 0.25) is 0 Å². The van der Waals surface area contributed by atoms with Crippen LogP contribution in [0.25, 0.3) is 0 Å². The fourth-order valence-corrected chi connectivity index (χ4v) is 1.52. The second-order valence-corrected chi connectivity index (χ2v) is 4.21. The molecule has 0 amide bonds. The quantitative estimate of drug-likeness (QED) is 0.655. The second kappa shape index (κ2) is 4.07. The fraction of sp³-hybridized carbons (Fsp3) is 1.00. The number of hydrogen-bond donors (Lipinski definition) is 2. The van der Waals surface area contributed by atoms with Crippen molar-refractivity contribution in [2.75, 3.05) is 0 Å². The van der Waals surface area contributed by atoms with Crippen molar-refractivity contribution in [3.05, 3.63) is 0 Å². The highest BCUT2D eigenvalue weighted by Gasteiger charge is 2.17. The third-order valence-electron chi connectivity index (χ3n) is 1.59. The zero-order valence-electron chi connectivity index (χ0n) is 7.96. The van der Waals surface area contributed by atoms with E-state index in [1.54, 1.807) is 20.8 Å². The Hall–Kier alpha value is -0.0800. The van der Waals surface area contributed by atoms with Gasteiger partial charge in [0, 0.05) is 0 Å². The summed E-state index contributed by atoms with van der Waals surface area (Å²) in [5.41, 5.74) is -0.603. The molecular formula is C9H20O2. The van der Waals surface area contributed by atoms with Crippen LogP contribution in [0.4, 0.5) is 0 Å². The van der Waals surface area contributed by atoms with Crippen LogP contribution in [0.1, 0.15) is 40.5 Å². The molecule has 11 heavy (non-hydrogen) atoms. The molecule has 0 spiro atoms. The highest BCUT2D eigenvalue weighted by molar-refractivity contribution is 4.70. The summed E-state index contributed by atoms with van der Waals surface area (Å²) in [6.45, 7) is 7.42. The molecule has 0 aliphatic carbocycles. The Labute approximate surface area is 69.2 Å². The summed E-state index contributed by atoms with van der Waals surface area (Å²) < 4.78 is 0. The van der Waals surface area contributed by atoms with E-state index in [-0.39, 0.29) is 6.10 Å². The van der Waals surface area contributed by atoms with Crippen LogP contribution in [0.15, 0.2) is 0 Å². The lowest BCUT2D eigenvalue weighted by atomic mass is 9.91. The fourth-order valence-electron chi connectivity index (χ4n) is 1.52. The molecule has 0 radical (unpaired) electrons. The lowest BCUT2D eigenvalue weighted by Crippen LogP contribution is -2.23. The largest absolute Gasteiger partial charge is 0.393 e. The summed E-state index contributed by atoms with van der Waals surface area (Å²) in [6, 6.07) is 0. The maximum Gasteiger partial charge on any atom is 0.0594 e. The van der Waals surface area contributed by atoms with Crippen LogP contribution in [-0.4, -0.2) is 21.9 Å². The van der Waals surface area contributed by atoms with Crippen molar-refractivity contribution in [3.8, 4) is 0 Å². The molecule has 0 saturated heterocycles. The van der Waals surface area contributed by atoms with Crippen molar-refractivity contribution < 1.29 is 10.2 Å². The van der Waals surface area contributed by atoms with Gasteiger partial charge in [0.15, 0.2) is 0 Å². The van der Waals surface area contributed by atoms with Gasteiger partial charge in [-0.25, -0.2) is 0 Å². The Balaban J connectivity index is 3.61. The summed E-state index contributed by atoms with van der Waals surface area (Å²) in [6.07, 6.45) is 1.26. The van der Waals surface area contributed by atoms with E-state index >= 15 is 0 Å². The van der Waals surface area contributed by atoms with Gasteiger partial charge < -0.3 is 10.2 Å². The molecule has 0 rings (SSSR count). The van der Waals surface area contributed by atoms with E-state index in [0.29, 0.717) is 5.92 Å². The van der Waals surface area contributed by atoms with Gasteiger partial charge in [-0.05, 0) is 39.5 Å². The predicted molar refractivity (Wildman–Crippen MR) is 46.4 cm³/mol. The molecule has 2 nitrogen and oxygen atoms in total. The third kappa shape index (κ3) is 7.82. The van der Waals surface area contributed by atoms with Crippen LogP contribution in [0.5, 0.6) is 0 Å². The molecule has 2 atom stereocenters. The van der Waals surface area contributed by atoms with Gasteiger partial charge in [0.05, 0.1) is 11.7 Å². The van der Waals surface area contributed by atoms with Crippen molar-refractivity contribution >= 4 is 0 Å². The summed E-state index contributed by atoms with van der Waals surface area (Å²) in [4.78, 5) is 0. The monoisotopic (exact) mass is 160 g/mol. The lowest BCUT2D eigenvalue weighted by Gasteiger charge is -2.22. The maximum atomic E-state index is 9.42. The van der Waals surface area contributed by atoms with Gasteiger partial charge in [-0.15, -0.1) is 0 Å². The van der Waals surface area contributed by atoms with Crippen molar-refractivity contribution in [2.24, 2.45) is 5.92 Å². The van der Waals surface area contributed by atoms with Gasteiger partial charge >= 0.3 is 0 Å². The number of aliphatic hydroxyl groups is 2. The van der Waals surface area contributed by atoms with Gasteiger partial charge in [-0.1, -0.05) is 6.92 Å². The Bertz CT molecular complexity index is 103. The smallest absolute Gasteiger partial charge is 0.0594 e. The average Bonchev–Trinajstić information content (AvgIpc) is 1.53. The highest BCUT2D eigenvalue weighted by atomic mass is 16.3. The number of aliphatic hydroxyl groups excluding tert-OH is 1. The number of hydrogen-bond acceptors (Lipinski definition) is 2. The molecule has 0 aliphatic heterocycles. The molecule has 2 unspecified atom stereocenters. The average molecular weight is 160 g/mol. The Morgan fingerprint density at radius 1 is 1.27 bits per heavy atom. The third-order valence-corrected chi connectivity index (χ3v) is 1.59. The summed E-state index contributed by atoms with van der Waals surface area (Å²) in [5.74, 6) is 0.384. The first-order valence-corrected chi connectivity index (χ1v) is 4.21. The van der Waals surface area contributed by atoms with Crippen LogP contribution < -0.4 is 0 Å². The van der Waals surface area contributed by atoms with E-state index in [9.17, 15) is 5.11 Å². The topological polar surface area (TPSA) is 40.5 Å². The minimum absolute atomic E-state index is 0.257. The zero-order chi connectivity index (χ0) is 9.07. The Morgan fingerprint density at radius 3 is 2.00 bits per heavy atom. The molecule has 2 N–H and O–H groups in total. The maximum absolute atomic E-state index is 9.42. The molecule has 0 bridgehead atoms. The standard InChI is InChI=1S/C9H20O2/c1-7(5-8(2)10)6-9(3,4)11/h7-8,10-11H,5-6H2,1-4H3. The molecule has 0 aliphatic rings. The van der Waals surface area contributed by atoms with Crippen LogP contribution in [0.2, 0.25) is 0 Å². The number of rotatable bonds is 4. The molecule has 0 saturated carbocycles. The van der Waals surface area contributed by atoms with E-state index in [4.69, 9.17) is 5.11 Å². The summed E-state index contributed by atoms with van der Waals surface area (Å²) >= 11 is 0. The first-order chi connectivity index (χ1) is 4.81. The minimum atomic E-state index is -0.603. The summed E-state index contributed by atoms with van der Waals surface area (Å²) in [7, 11) is 0. The normalized spacial score (nSPS) is 18.0. The molecule has 0 aromatic carbocycles. The van der Waals surface area contributed by atoms with Gasteiger partial charge in [-0.3, -0.25) is 0 Å². The lowest BCUT2D eigenvalue weighted by molar-refractivity contribution is 0.0454. The minimum Gasteiger partial charge on any atom is -0.393 e. The van der Waals surface area contributed by atoms with E-state index in [2.05, 4.69) is 0 Å². The predicted octanol–water partition coefficient (Wildman–Crippen LogP) is 1.55. The molecule has 2 heteroatoms. The Morgan fingerprint density at radius 2 is 1.73 bits per heavy atom. The van der Waals surface area contributed by atoms with E-state index in [1.807, 2.05) is 6.92 Å². The van der Waals surface area contributed by atoms with Crippen molar-refractivity contribution in [2.45, 2.75) is 52.2 Å². The highest BCUT2D eigenvalue weighted by Crippen LogP contribution is 2.19. The molecule has 0 fully saturated rings. The van der Waals surface area contributed by atoms with E-state index in [1.165, 1.54) is 0 Å². The van der Waals surface area contributed by atoms with Gasteiger partial charge in [0.25, 0.3) is 0 Å². The van der Waals surface area contributed by atoms with Crippen molar-refractivity contribution in [3.63, 3.8) is 0 Å². The Kier molecular flexibility index (Phi) is 4.04. The SMILES string of the molecule is CC(O)CC(C)CC(C)(C)O. The molecule has 68 valence electrons. The van der Waals surface area contributed by atoms with Crippen LogP contribution in [0.3, 0.4) is 0 Å². The van der Waals surface area contributed by atoms with Crippen LogP contribution in [-0.2, 0) is 0 Å². The van der Waals surface area contributed by atoms with Gasteiger partial charge in [0.1, 0.15) is 0 Å². The first kappa shape index (κ1) is 10.9. The van der Waals surface area contributed by atoms with Gasteiger partial charge in [-0.2, -0.15) is 0 Å². The van der Waals surface area contributed by atoms with Crippen molar-refractivity contribution in [1.82, 2.24) is 0 Å². The van der Waals surface area contributed by atoms with Crippen molar-refractivity contribution in [1.29, 1.82) is 0 Å². The van der Waals surface area contributed by atoms with Crippen LogP contribution >= 0.6 is 0 Å². The molecule has 0 aromatic heterocycles. The molecule has 0 aromatic rings.